The van der Waals surface area contributed by atoms with Gasteiger partial charge in [0.05, 0.1) is 11.0 Å². The zero-order chi connectivity index (χ0) is 13.6. The lowest BCUT2D eigenvalue weighted by atomic mass is 10.3. The number of benzene rings is 1. The molecule has 5 nitrogen and oxygen atoms in total. The Morgan fingerprint density at radius 2 is 2.11 bits per heavy atom. The Morgan fingerprint density at radius 1 is 1.32 bits per heavy atom. The summed E-state index contributed by atoms with van der Waals surface area (Å²) in [6.45, 7) is 4.26. The van der Waals surface area contributed by atoms with E-state index in [1.165, 1.54) is 0 Å². The molecule has 0 bridgehead atoms. The maximum Gasteiger partial charge on any atom is 0.159 e. The van der Waals surface area contributed by atoms with E-state index in [0.717, 1.165) is 27.0 Å². The van der Waals surface area contributed by atoms with Crippen LogP contribution in [-0.4, -0.2) is 19.7 Å². The van der Waals surface area contributed by atoms with Crippen LogP contribution in [0.25, 0.3) is 22.6 Å². The third-order valence-corrected chi connectivity index (χ3v) is 3.50. The summed E-state index contributed by atoms with van der Waals surface area (Å²) < 4.78 is 3.19. The minimum Gasteiger partial charge on any atom is -0.382 e. The predicted molar refractivity (Wildman–Crippen MR) is 79.8 cm³/mol. The van der Waals surface area contributed by atoms with Gasteiger partial charge in [0, 0.05) is 16.6 Å². The fourth-order valence-corrected chi connectivity index (χ4v) is 2.59. The number of aromatic nitrogens is 4. The molecule has 0 aliphatic carbocycles. The number of hydrogen-bond acceptors (Lipinski definition) is 3. The Kier molecular flexibility index (Phi) is 2.82. The molecule has 0 saturated carbocycles. The van der Waals surface area contributed by atoms with E-state index in [4.69, 9.17) is 5.73 Å². The van der Waals surface area contributed by atoms with Gasteiger partial charge >= 0.3 is 0 Å². The molecular weight excluding hydrogens is 306 g/mol. The van der Waals surface area contributed by atoms with Gasteiger partial charge in [-0.3, -0.25) is 5.10 Å². The molecule has 19 heavy (non-hydrogen) atoms. The number of nitrogens with one attached hydrogen (secondary N) is 1. The van der Waals surface area contributed by atoms with E-state index in [1.807, 2.05) is 12.1 Å². The monoisotopic (exact) mass is 319 g/mol. The van der Waals surface area contributed by atoms with E-state index >= 15 is 0 Å². The number of aromatic amines is 1. The molecular formula is C13H14BrN5. The van der Waals surface area contributed by atoms with Gasteiger partial charge in [0.15, 0.2) is 5.82 Å². The summed E-state index contributed by atoms with van der Waals surface area (Å²) in [4.78, 5) is 4.68. The van der Waals surface area contributed by atoms with Gasteiger partial charge in [0.25, 0.3) is 0 Å². The largest absolute Gasteiger partial charge is 0.382 e. The first kappa shape index (κ1) is 12.2. The molecule has 2 aromatic heterocycles. The van der Waals surface area contributed by atoms with Crippen LogP contribution in [0, 0.1) is 0 Å². The molecule has 6 heteroatoms. The number of rotatable bonds is 2. The fourth-order valence-electron chi connectivity index (χ4n) is 2.24. The SMILES string of the molecule is CC(C)n1c(-c2cc(N)n[nH]2)nc2cc(Br)ccc21. The molecule has 3 N–H and O–H groups in total. The first-order chi connectivity index (χ1) is 9.06. The second-order valence-electron chi connectivity index (χ2n) is 4.74. The quantitative estimate of drug-likeness (QED) is 0.760. The standard InChI is InChI=1S/C13H14BrN5/c1-7(2)19-11-4-3-8(14)5-9(11)16-13(19)10-6-12(15)18-17-10/h3-7H,1-2H3,(H3,15,17,18). The number of anilines is 1. The summed E-state index contributed by atoms with van der Waals surface area (Å²) in [5, 5.41) is 6.89. The molecule has 0 amide bonds. The minimum atomic E-state index is 0.297. The first-order valence-electron chi connectivity index (χ1n) is 6.05. The van der Waals surface area contributed by atoms with Crippen molar-refractivity contribution in [3.05, 3.63) is 28.7 Å². The Labute approximate surface area is 119 Å². The smallest absolute Gasteiger partial charge is 0.159 e. The van der Waals surface area contributed by atoms with Crippen molar-refractivity contribution in [1.82, 2.24) is 19.7 Å². The van der Waals surface area contributed by atoms with Crippen molar-refractivity contribution in [2.24, 2.45) is 0 Å². The molecule has 0 atom stereocenters. The van der Waals surface area contributed by atoms with Crippen molar-refractivity contribution in [3.63, 3.8) is 0 Å². The summed E-state index contributed by atoms with van der Waals surface area (Å²) in [7, 11) is 0. The van der Waals surface area contributed by atoms with Crippen molar-refractivity contribution in [1.29, 1.82) is 0 Å². The number of nitrogens with two attached hydrogens (primary N) is 1. The summed E-state index contributed by atoms with van der Waals surface area (Å²) in [6.07, 6.45) is 0. The van der Waals surface area contributed by atoms with E-state index in [0.29, 0.717) is 11.9 Å². The van der Waals surface area contributed by atoms with Gasteiger partial charge in [-0.05, 0) is 32.0 Å². The van der Waals surface area contributed by atoms with Crippen molar-refractivity contribution in [2.75, 3.05) is 5.73 Å². The molecule has 3 aromatic rings. The molecule has 3 rings (SSSR count). The number of halogens is 1. The number of fused-ring (bicyclic) bond motifs is 1. The number of nitrogen functional groups attached to an aromatic ring is 1. The van der Waals surface area contributed by atoms with Crippen molar-refractivity contribution >= 4 is 32.8 Å². The number of nitrogens with zero attached hydrogens (tertiary/aromatic N) is 3. The van der Waals surface area contributed by atoms with Crippen LogP contribution in [0.2, 0.25) is 0 Å². The second kappa shape index (κ2) is 4.38. The maximum absolute atomic E-state index is 5.67. The first-order valence-corrected chi connectivity index (χ1v) is 6.84. The Morgan fingerprint density at radius 3 is 2.74 bits per heavy atom. The number of hydrogen-bond donors (Lipinski definition) is 2. The highest BCUT2D eigenvalue weighted by molar-refractivity contribution is 9.10. The zero-order valence-corrected chi connectivity index (χ0v) is 12.3. The molecule has 0 aliphatic rings. The van der Waals surface area contributed by atoms with Gasteiger partial charge in [0.2, 0.25) is 0 Å². The van der Waals surface area contributed by atoms with Crippen LogP contribution in [-0.2, 0) is 0 Å². The molecule has 2 heterocycles. The molecule has 0 saturated heterocycles. The third-order valence-electron chi connectivity index (χ3n) is 3.01. The van der Waals surface area contributed by atoms with Crippen LogP contribution in [0.1, 0.15) is 19.9 Å². The highest BCUT2D eigenvalue weighted by Gasteiger charge is 2.16. The summed E-state index contributed by atoms with van der Waals surface area (Å²) in [5.74, 6) is 1.32. The summed E-state index contributed by atoms with van der Waals surface area (Å²) >= 11 is 3.47. The summed E-state index contributed by atoms with van der Waals surface area (Å²) in [6, 6.07) is 8.20. The molecule has 0 spiro atoms. The van der Waals surface area contributed by atoms with Crippen molar-refractivity contribution in [2.45, 2.75) is 19.9 Å². The lowest BCUT2D eigenvalue weighted by Crippen LogP contribution is -2.03. The Bertz CT molecular complexity index is 741. The van der Waals surface area contributed by atoms with E-state index in [9.17, 15) is 0 Å². The van der Waals surface area contributed by atoms with E-state index < -0.39 is 0 Å². The average Bonchev–Trinajstić information content (AvgIpc) is 2.91. The number of H-pyrrole nitrogens is 1. The topological polar surface area (TPSA) is 72.5 Å². The van der Waals surface area contributed by atoms with Crippen LogP contribution in [0.15, 0.2) is 28.7 Å². The lowest BCUT2D eigenvalue weighted by molar-refractivity contribution is 0.623. The van der Waals surface area contributed by atoms with Gasteiger partial charge in [-0.1, -0.05) is 15.9 Å². The third kappa shape index (κ3) is 2.02. The summed E-state index contributed by atoms with van der Waals surface area (Å²) in [5.41, 5.74) is 8.55. The predicted octanol–water partition coefficient (Wildman–Crippen LogP) is 3.35. The lowest BCUT2D eigenvalue weighted by Gasteiger charge is -2.11. The molecule has 0 unspecified atom stereocenters. The van der Waals surface area contributed by atoms with Gasteiger partial charge < -0.3 is 10.3 Å². The molecule has 0 fully saturated rings. The van der Waals surface area contributed by atoms with Crippen molar-refractivity contribution in [3.8, 4) is 11.5 Å². The molecule has 0 radical (unpaired) electrons. The zero-order valence-electron chi connectivity index (χ0n) is 10.7. The van der Waals surface area contributed by atoms with E-state index in [-0.39, 0.29) is 0 Å². The van der Waals surface area contributed by atoms with Gasteiger partial charge in [-0.2, -0.15) is 5.10 Å². The second-order valence-corrected chi connectivity index (χ2v) is 5.65. The van der Waals surface area contributed by atoms with Crippen LogP contribution in [0.4, 0.5) is 5.82 Å². The highest BCUT2D eigenvalue weighted by atomic mass is 79.9. The van der Waals surface area contributed by atoms with Gasteiger partial charge in [0.1, 0.15) is 11.5 Å². The van der Waals surface area contributed by atoms with Crippen molar-refractivity contribution < 1.29 is 0 Å². The Balaban J connectivity index is 2.31. The Hall–Kier alpha value is -1.82. The van der Waals surface area contributed by atoms with Crippen LogP contribution in [0.3, 0.4) is 0 Å². The molecule has 1 aromatic carbocycles. The molecule has 98 valence electrons. The van der Waals surface area contributed by atoms with Gasteiger partial charge in [-0.15, -0.1) is 0 Å². The van der Waals surface area contributed by atoms with E-state index in [2.05, 4.69) is 55.6 Å². The highest BCUT2D eigenvalue weighted by Crippen LogP contribution is 2.29. The maximum atomic E-state index is 5.67. The van der Waals surface area contributed by atoms with Gasteiger partial charge in [-0.25, -0.2) is 4.98 Å². The normalized spacial score (nSPS) is 11.6. The van der Waals surface area contributed by atoms with Crippen LogP contribution >= 0.6 is 15.9 Å². The minimum absolute atomic E-state index is 0.297. The average molecular weight is 320 g/mol. The van der Waals surface area contributed by atoms with E-state index in [1.54, 1.807) is 6.07 Å². The molecule has 0 aliphatic heterocycles. The van der Waals surface area contributed by atoms with Crippen LogP contribution in [0.5, 0.6) is 0 Å². The number of imidazole rings is 1. The van der Waals surface area contributed by atoms with Crippen LogP contribution < -0.4 is 5.73 Å². The fraction of sp³-hybridized carbons (Fsp3) is 0.231.